The molecule has 1 aromatic rings. The molecule has 0 bridgehead atoms. The van der Waals surface area contributed by atoms with E-state index < -0.39 is 0 Å². The topological polar surface area (TPSA) is 38.3 Å². The number of carbonyl (C=O) groups is 1. The average Bonchev–Trinajstić information content (AvgIpc) is 2.39. The summed E-state index contributed by atoms with van der Waals surface area (Å²) in [6.07, 6.45) is 2.16. The van der Waals surface area contributed by atoms with Crippen LogP contribution in [0, 0.1) is 5.92 Å². The van der Waals surface area contributed by atoms with Crippen molar-refractivity contribution in [2.24, 2.45) is 5.92 Å². The van der Waals surface area contributed by atoms with Gasteiger partial charge in [0.2, 0.25) is 0 Å². The predicted octanol–water partition coefficient (Wildman–Crippen LogP) is 4.14. The summed E-state index contributed by atoms with van der Waals surface area (Å²) in [6, 6.07) is 5.59. The largest absolute Gasteiger partial charge is 0.483 e. The van der Waals surface area contributed by atoms with Crippen molar-refractivity contribution in [1.82, 2.24) is 5.32 Å². The first-order valence-electron chi connectivity index (χ1n) is 6.41. The van der Waals surface area contributed by atoms with Crippen molar-refractivity contribution in [1.29, 1.82) is 0 Å². The summed E-state index contributed by atoms with van der Waals surface area (Å²) in [5.41, 5.74) is 0. The van der Waals surface area contributed by atoms with E-state index in [2.05, 4.69) is 51.0 Å². The maximum absolute atomic E-state index is 11.7. The highest BCUT2D eigenvalue weighted by molar-refractivity contribution is 9.11. The molecule has 0 atom stereocenters. The van der Waals surface area contributed by atoms with Gasteiger partial charge in [-0.15, -0.1) is 0 Å². The molecular weight excluding hydrogens is 374 g/mol. The molecule has 19 heavy (non-hydrogen) atoms. The average molecular weight is 393 g/mol. The molecule has 0 aliphatic heterocycles. The predicted molar refractivity (Wildman–Crippen MR) is 84.4 cm³/mol. The van der Waals surface area contributed by atoms with Gasteiger partial charge in [0.1, 0.15) is 5.75 Å². The quantitative estimate of drug-likeness (QED) is 0.757. The van der Waals surface area contributed by atoms with Crippen molar-refractivity contribution >= 4 is 37.8 Å². The Morgan fingerprint density at radius 1 is 1.32 bits per heavy atom. The molecule has 0 heterocycles. The monoisotopic (exact) mass is 391 g/mol. The van der Waals surface area contributed by atoms with Crippen molar-refractivity contribution in [2.75, 3.05) is 13.2 Å². The Hall–Kier alpha value is -0.550. The van der Waals surface area contributed by atoms with Crippen molar-refractivity contribution in [2.45, 2.75) is 26.7 Å². The molecule has 0 spiro atoms. The van der Waals surface area contributed by atoms with Gasteiger partial charge in [-0.3, -0.25) is 4.79 Å². The zero-order valence-electron chi connectivity index (χ0n) is 11.2. The lowest BCUT2D eigenvalue weighted by Crippen LogP contribution is -2.32. The van der Waals surface area contributed by atoms with Gasteiger partial charge in [-0.1, -0.05) is 42.6 Å². The molecule has 0 aromatic heterocycles. The van der Waals surface area contributed by atoms with Gasteiger partial charge in [-0.2, -0.15) is 0 Å². The molecule has 106 valence electrons. The standard InChI is InChI=1S/C14H19Br2NO2/c1-3-10(4-2)8-17-14(18)9-19-13-6-5-11(15)7-12(13)16/h5-7,10H,3-4,8-9H2,1-2H3,(H,17,18). The fourth-order valence-electron chi connectivity index (χ4n) is 1.62. The summed E-state index contributed by atoms with van der Waals surface area (Å²) in [4.78, 5) is 11.7. The first kappa shape index (κ1) is 16.5. The van der Waals surface area contributed by atoms with Gasteiger partial charge in [0, 0.05) is 11.0 Å². The lowest BCUT2D eigenvalue weighted by atomic mass is 10.0. The summed E-state index contributed by atoms with van der Waals surface area (Å²) in [5, 5.41) is 2.90. The third-order valence-corrected chi connectivity index (χ3v) is 4.11. The molecule has 0 aliphatic carbocycles. The van der Waals surface area contributed by atoms with Crippen LogP contribution < -0.4 is 10.1 Å². The minimum absolute atomic E-state index is 0.0420. The molecule has 5 heteroatoms. The highest BCUT2D eigenvalue weighted by Gasteiger charge is 2.08. The van der Waals surface area contributed by atoms with E-state index in [4.69, 9.17) is 4.74 Å². The Morgan fingerprint density at radius 2 is 2.00 bits per heavy atom. The second kappa shape index (κ2) is 8.59. The highest BCUT2D eigenvalue weighted by atomic mass is 79.9. The molecular formula is C14H19Br2NO2. The molecule has 0 fully saturated rings. The summed E-state index contributed by atoms with van der Waals surface area (Å²) in [6.45, 7) is 5.03. The van der Waals surface area contributed by atoms with Crippen LogP contribution in [0.2, 0.25) is 0 Å². The Bertz CT molecular complexity index is 420. The van der Waals surface area contributed by atoms with Gasteiger partial charge in [0.05, 0.1) is 4.47 Å². The Labute approximate surface area is 131 Å². The fourth-order valence-corrected chi connectivity index (χ4v) is 2.78. The Balaban J connectivity index is 2.37. The molecule has 3 nitrogen and oxygen atoms in total. The molecule has 1 rings (SSSR count). The SMILES string of the molecule is CCC(CC)CNC(=O)COc1ccc(Br)cc1Br. The van der Waals surface area contributed by atoms with Gasteiger partial charge >= 0.3 is 0 Å². The number of amides is 1. The van der Waals surface area contributed by atoms with Crippen LogP contribution in [-0.4, -0.2) is 19.1 Å². The molecule has 1 aromatic carbocycles. The van der Waals surface area contributed by atoms with Crippen LogP contribution in [0.5, 0.6) is 5.75 Å². The van der Waals surface area contributed by atoms with E-state index in [1.807, 2.05) is 18.2 Å². The first-order valence-corrected chi connectivity index (χ1v) is 7.99. The normalized spacial score (nSPS) is 10.6. The Kier molecular flexibility index (Phi) is 7.46. The molecule has 1 amide bonds. The minimum Gasteiger partial charge on any atom is -0.483 e. The lowest BCUT2D eigenvalue weighted by molar-refractivity contribution is -0.123. The Morgan fingerprint density at radius 3 is 2.58 bits per heavy atom. The van der Waals surface area contributed by atoms with E-state index in [9.17, 15) is 4.79 Å². The second-order valence-electron chi connectivity index (χ2n) is 4.35. The van der Waals surface area contributed by atoms with Crippen molar-refractivity contribution in [3.05, 3.63) is 27.1 Å². The van der Waals surface area contributed by atoms with Gasteiger partial charge in [0.15, 0.2) is 6.61 Å². The molecule has 0 saturated heterocycles. The van der Waals surface area contributed by atoms with Gasteiger partial charge < -0.3 is 10.1 Å². The number of rotatable bonds is 7. The van der Waals surface area contributed by atoms with Crippen molar-refractivity contribution in [3.63, 3.8) is 0 Å². The zero-order valence-corrected chi connectivity index (χ0v) is 14.4. The highest BCUT2D eigenvalue weighted by Crippen LogP contribution is 2.28. The third-order valence-electron chi connectivity index (χ3n) is 3.00. The number of benzene rings is 1. The van der Waals surface area contributed by atoms with E-state index in [1.165, 1.54) is 0 Å². The van der Waals surface area contributed by atoms with E-state index in [0.717, 1.165) is 28.3 Å². The zero-order chi connectivity index (χ0) is 14.3. The number of nitrogens with one attached hydrogen (secondary N) is 1. The third kappa shape index (κ3) is 5.95. The van der Waals surface area contributed by atoms with E-state index in [0.29, 0.717) is 11.7 Å². The molecule has 1 N–H and O–H groups in total. The number of ether oxygens (including phenoxy) is 1. The van der Waals surface area contributed by atoms with Crippen molar-refractivity contribution < 1.29 is 9.53 Å². The van der Waals surface area contributed by atoms with Crippen molar-refractivity contribution in [3.8, 4) is 5.75 Å². The number of carbonyl (C=O) groups excluding carboxylic acids is 1. The van der Waals surface area contributed by atoms with Gasteiger partial charge in [-0.25, -0.2) is 0 Å². The maximum Gasteiger partial charge on any atom is 0.257 e. The molecule has 0 aliphatic rings. The first-order chi connectivity index (χ1) is 9.06. The summed E-state index contributed by atoms with van der Waals surface area (Å²) < 4.78 is 7.26. The number of halogens is 2. The van der Waals surface area contributed by atoms with Gasteiger partial charge in [-0.05, 0) is 40.0 Å². The van der Waals surface area contributed by atoms with E-state index in [-0.39, 0.29) is 12.5 Å². The van der Waals surface area contributed by atoms with Crippen LogP contribution in [0.15, 0.2) is 27.1 Å². The van der Waals surface area contributed by atoms with Crippen LogP contribution in [0.25, 0.3) is 0 Å². The fraction of sp³-hybridized carbons (Fsp3) is 0.500. The molecule has 0 radical (unpaired) electrons. The molecule has 0 saturated carbocycles. The lowest BCUT2D eigenvalue weighted by Gasteiger charge is -2.14. The maximum atomic E-state index is 11.7. The van der Waals surface area contributed by atoms with Gasteiger partial charge in [0.25, 0.3) is 5.91 Å². The minimum atomic E-state index is -0.0817. The summed E-state index contributed by atoms with van der Waals surface area (Å²) in [5.74, 6) is 1.13. The van der Waals surface area contributed by atoms with Crippen LogP contribution in [0.1, 0.15) is 26.7 Å². The second-order valence-corrected chi connectivity index (χ2v) is 6.12. The smallest absolute Gasteiger partial charge is 0.257 e. The van der Waals surface area contributed by atoms with Crippen LogP contribution in [-0.2, 0) is 4.79 Å². The van der Waals surface area contributed by atoms with Crippen LogP contribution >= 0.6 is 31.9 Å². The molecule has 0 unspecified atom stereocenters. The summed E-state index contributed by atoms with van der Waals surface area (Å²) in [7, 11) is 0. The summed E-state index contributed by atoms with van der Waals surface area (Å²) >= 11 is 6.76. The number of hydrogen-bond donors (Lipinski definition) is 1. The van der Waals surface area contributed by atoms with Crippen LogP contribution in [0.3, 0.4) is 0 Å². The van der Waals surface area contributed by atoms with E-state index >= 15 is 0 Å². The van der Waals surface area contributed by atoms with E-state index in [1.54, 1.807) is 0 Å². The number of hydrogen-bond acceptors (Lipinski definition) is 2. The van der Waals surface area contributed by atoms with Crippen LogP contribution in [0.4, 0.5) is 0 Å².